The molecule has 1 saturated carbocycles. The zero-order valence-corrected chi connectivity index (χ0v) is 15.2. The second-order valence-electron chi connectivity index (χ2n) is 7.61. The summed E-state index contributed by atoms with van der Waals surface area (Å²) in [6.07, 6.45) is 5.57. The minimum absolute atomic E-state index is 0.0360. The van der Waals surface area contributed by atoms with Gasteiger partial charge in [0, 0.05) is 52.4 Å². The summed E-state index contributed by atoms with van der Waals surface area (Å²) in [6, 6.07) is 0. The topological polar surface area (TPSA) is 59.1 Å². The molecular formula is C16H30N2O4S. The molecule has 3 aliphatic rings. The maximum Gasteiger partial charge on any atom is 0.281 e. The van der Waals surface area contributed by atoms with Crippen molar-refractivity contribution >= 4 is 10.2 Å². The highest BCUT2D eigenvalue weighted by Crippen LogP contribution is 2.49. The SMILES string of the molecule is CN(C)S(=O)(=O)N1C[C@H]2CCC[C@@]2(COCC2CCOCC2)C1. The first-order valence-corrected chi connectivity index (χ1v) is 10.2. The van der Waals surface area contributed by atoms with Crippen LogP contribution in [0, 0.1) is 17.3 Å². The molecule has 3 rings (SSSR count). The maximum absolute atomic E-state index is 12.4. The molecule has 2 atom stereocenters. The summed E-state index contributed by atoms with van der Waals surface area (Å²) >= 11 is 0. The van der Waals surface area contributed by atoms with Crippen LogP contribution in [0.15, 0.2) is 0 Å². The van der Waals surface area contributed by atoms with E-state index >= 15 is 0 Å². The van der Waals surface area contributed by atoms with Crippen LogP contribution >= 0.6 is 0 Å². The average Bonchev–Trinajstić information content (AvgIpc) is 3.05. The zero-order valence-electron chi connectivity index (χ0n) is 14.4. The number of nitrogens with zero attached hydrogens (tertiary/aromatic N) is 2. The Morgan fingerprint density at radius 1 is 1.26 bits per heavy atom. The highest BCUT2D eigenvalue weighted by atomic mass is 32.2. The summed E-state index contributed by atoms with van der Waals surface area (Å²) in [5.74, 6) is 1.05. The van der Waals surface area contributed by atoms with Gasteiger partial charge in [-0.3, -0.25) is 0 Å². The summed E-state index contributed by atoms with van der Waals surface area (Å²) in [6.45, 7) is 4.45. The van der Waals surface area contributed by atoms with E-state index in [1.807, 2.05) is 0 Å². The monoisotopic (exact) mass is 346 g/mol. The van der Waals surface area contributed by atoms with E-state index in [0.29, 0.717) is 31.5 Å². The molecule has 7 heteroatoms. The molecule has 0 spiro atoms. The van der Waals surface area contributed by atoms with E-state index in [0.717, 1.165) is 45.5 Å². The summed E-state index contributed by atoms with van der Waals surface area (Å²) in [5, 5.41) is 0. The van der Waals surface area contributed by atoms with Crippen molar-refractivity contribution in [2.24, 2.45) is 17.3 Å². The van der Waals surface area contributed by atoms with Crippen molar-refractivity contribution in [2.45, 2.75) is 32.1 Å². The molecule has 0 unspecified atom stereocenters. The Hall–Kier alpha value is -0.210. The predicted octanol–water partition coefficient (Wildman–Crippen LogP) is 1.34. The van der Waals surface area contributed by atoms with Crippen LogP contribution in [0.25, 0.3) is 0 Å². The number of hydrogen-bond donors (Lipinski definition) is 0. The summed E-state index contributed by atoms with van der Waals surface area (Å²) in [7, 11) is -0.0899. The van der Waals surface area contributed by atoms with Gasteiger partial charge in [-0.25, -0.2) is 0 Å². The van der Waals surface area contributed by atoms with Gasteiger partial charge in [0.15, 0.2) is 0 Å². The lowest BCUT2D eigenvalue weighted by atomic mass is 9.81. The smallest absolute Gasteiger partial charge is 0.281 e. The lowest BCUT2D eigenvalue weighted by Crippen LogP contribution is -2.40. The third kappa shape index (κ3) is 3.58. The van der Waals surface area contributed by atoms with Crippen LogP contribution in [0.2, 0.25) is 0 Å². The van der Waals surface area contributed by atoms with Crippen LogP contribution in [0.1, 0.15) is 32.1 Å². The van der Waals surface area contributed by atoms with Crippen LogP contribution in [0.3, 0.4) is 0 Å². The molecule has 0 radical (unpaired) electrons. The minimum atomic E-state index is -3.31. The molecule has 23 heavy (non-hydrogen) atoms. The number of rotatable bonds is 6. The zero-order chi connectivity index (χ0) is 16.5. The fraction of sp³-hybridized carbons (Fsp3) is 1.00. The Bertz CT molecular complexity index is 504. The van der Waals surface area contributed by atoms with Crippen molar-refractivity contribution in [1.82, 2.24) is 8.61 Å². The molecule has 2 saturated heterocycles. The molecule has 1 aliphatic carbocycles. The molecule has 3 fully saturated rings. The molecule has 2 aliphatic heterocycles. The first-order chi connectivity index (χ1) is 10.9. The second kappa shape index (κ2) is 6.96. The van der Waals surface area contributed by atoms with Crippen LogP contribution in [-0.2, 0) is 19.7 Å². The Kier molecular flexibility index (Phi) is 5.33. The van der Waals surface area contributed by atoms with E-state index in [4.69, 9.17) is 9.47 Å². The third-order valence-corrected chi connectivity index (χ3v) is 7.73. The quantitative estimate of drug-likeness (QED) is 0.728. The molecule has 0 N–H and O–H groups in total. The van der Waals surface area contributed by atoms with E-state index < -0.39 is 10.2 Å². The molecule has 0 bridgehead atoms. The van der Waals surface area contributed by atoms with Gasteiger partial charge in [0.1, 0.15) is 0 Å². The highest BCUT2D eigenvalue weighted by Gasteiger charge is 2.52. The molecule has 134 valence electrons. The van der Waals surface area contributed by atoms with Gasteiger partial charge >= 0.3 is 0 Å². The first-order valence-electron chi connectivity index (χ1n) is 8.77. The summed E-state index contributed by atoms with van der Waals surface area (Å²) in [5.41, 5.74) is 0.0360. The van der Waals surface area contributed by atoms with E-state index in [1.165, 1.54) is 10.7 Å². The fourth-order valence-corrected chi connectivity index (χ4v) is 5.60. The van der Waals surface area contributed by atoms with Gasteiger partial charge in [-0.1, -0.05) is 6.42 Å². The standard InChI is InChI=1S/C16H30N2O4S/c1-17(2)23(19,20)18-10-15-4-3-7-16(15,12-18)13-22-11-14-5-8-21-9-6-14/h14-15H,3-13H2,1-2H3/t15-,16+/m1/s1. The maximum atomic E-state index is 12.4. The predicted molar refractivity (Wildman–Crippen MR) is 88.3 cm³/mol. The van der Waals surface area contributed by atoms with Crippen molar-refractivity contribution in [3.05, 3.63) is 0 Å². The van der Waals surface area contributed by atoms with Gasteiger partial charge in [0.2, 0.25) is 0 Å². The lowest BCUT2D eigenvalue weighted by molar-refractivity contribution is -0.0116. The van der Waals surface area contributed by atoms with Crippen molar-refractivity contribution in [3.63, 3.8) is 0 Å². The molecule has 2 heterocycles. The van der Waals surface area contributed by atoms with Gasteiger partial charge in [-0.05, 0) is 37.5 Å². The van der Waals surface area contributed by atoms with Crippen LogP contribution in [0.5, 0.6) is 0 Å². The van der Waals surface area contributed by atoms with Crippen molar-refractivity contribution in [2.75, 3.05) is 53.6 Å². The third-order valence-electron chi connectivity index (χ3n) is 5.88. The fourth-order valence-electron chi connectivity index (χ4n) is 4.35. The molecule has 0 aromatic carbocycles. The van der Waals surface area contributed by atoms with Crippen molar-refractivity contribution in [3.8, 4) is 0 Å². The largest absolute Gasteiger partial charge is 0.381 e. The summed E-state index contributed by atoms with van der Waals surface area (Å²) in [4.78, 5) is 0. The van der Waals surface area contributed by atoms with E-state index in [-0.39, 0.29) is 5.41 Å². The lowest BCUT2D eigenvalue weighted by Gasteiger charge is -2.30. The van der Waals surface area contributed by atoms with E-state index in [2.05, 4.69) is 0 Å². The van der Waals surface area contributed by atoms with Crippen LogP contribution < -0.4 is 0 Å². The van der Waals surface area contributed by atoms with Crippen molar-refractivity contribution in [1.29, 1.82) is 0 Å². The van der Waals surface area contributed by atoms with Gasteiger partial charge in [-0.2, -0.15) is 17.0 Å². The van der Waals surface area contributed by atoms with E-state index in [9.17, 15) is 8.42 Å². The molecule has 6 nitrogen and oxygen atoms in total. The van der Waals surface area contributed by atoms with Gasteiger partial charge in [-0.15, -0.1) is 0 Å². The van der Waals surface area contributed by atoms with Gasteiger partial charge in [0.25, 0.3) is 10.2 Å². The molecule has 0 amide bonds. The first kappa shape index (κ1) is 17.6. The number of fused-ring (bicyclic) bond motifs is 1. The molecule has 0 aromatic rings. The van der Waals surface area contributed by atoms with Gasteiger partial charge < -0.3 is 9.47 Å². The van der Waals surface area contributed by atoms with E-state index in [1.54, 1.807) is 18.4 Å². The van der Waals surface area contributed by atoms with Crippen molar-refractivity contribution < 1.29 is 17.9 Å². The molecular weight excluding hydrogens is 316 g/mol. The Morgan fingerprint density at radius 2 is 2.00 bits per heavy atom. The number of hydrogen-bond acceptors (Lipinski definition) is 4. The normalized spacial score (nSPS) is 33.4. The van der Waals surface area contributed by atoms with Gasteiger partial charge in [0.05, 0.1) is 6.61 Å². The van der Waals surface area contributed by atoms with Crippen LogP contribution in [-0.4, -0.2) is 70.6 Å². The average molecular weight is 346 g/mol. The highest BCUT2D eigenvalue weighted by molar-refractivity contribution is 7.86. The Morgan fingerprint density at radius 3 is 2.70 bits per heavy atom. The Labute approximate surface area is 140 Å². The molecule has 0 aromatic heterocycles. The van der Waals surface area contributed by atoms with Crippen LogP contribution in [0.4, 0.5) is 0 Å². The number of ether oxygens (including phenoxy) is 2. The Balaban J connectivity index is 1.58. The summed E-state index contributed by atoms with van der Waals surface area (Å²) < 4.78 is 39.3. The second-order valence-corrected chi connectivity index (χ2v) is 9.75. The minimum Gasteiger partial charge on any atom is -0.381 e.